The predicted molar refractivity (Wildman–Crippen MR) is 251 cm³/mol. The van der Waals surface area contributed by atoms with E-state index in [-0.39, 0.29) is 58.7 Å². The van der Waals surface area contributed by atoms with Gasteiger partial charge in [0.05, 0.1) is 11.0 Å². The molecule has 2 aromatic carbocycles. The van der Waals surface area contributed by atoms with E-state index in [0.29, 0.717) is 0 Å². The normalized spacial score (nSPS) is 10.5. The van der Waals surface area contributed by atoms with Gasteiger partial charge < -0.3 is 30.0 Å². The largest absolute Gasteiger partial charge is 2.00 e. The molecule has 0 amide bonds. The molecule has 0 N–H and O–H groups in total. The molecule has 0 saturated carbocycles. The van der Waals surface area contributed by atoms with Crippen molar-refractivity contribution in [3.8, 4) is 11.8 Å². The quantitative estimate of drug-likeness (QED) is 0.0284. The number of nitrogens with zero attached hydrogens (tertiary/aromatic N) is 2. The molecule has 0 aliphatic heterocycles. The van der Waals surface area contributed by atoms with Crippen LogP contribution < -0.4 is 20.4 Å². The monoisotopic (exact) mass is 976 g/mol. The summed E-state index contributed by atoms with van der Waals surface area (Å²) in [6, 6.07) is 21.6. The molecular formula is C54H78Cu2N2O6. The Bertz CT molecular complexity index is 1620. The minimum absolute atomic E-state index is 0. The van der Waals surface area contributed by atoms with Crippen LogP contribution >= 0.6 is 0 Å². The third kappa shape index (κ3) is 38.7. The van der Waals surface area contributed by atoms with Crippen molar-refractivity contribution in [2.45, 2.75) is 194 Å². The predicted octanol–water partition coefficient (Wildman–Crippen LogP) is 12.2. The summed E-state index contributed by atoms with van der Waals surface area (Å²) in [4.78, 5) is 28.1. The average Bonchev–Trinajstić information content (AvgIpc) is 3.26. The first-order valence-corrected chi connectivity index (χ1v) is 24.0. The number of hydrogen-bond acceptors (Lipinski definition) is 8. The zero-order valence-electron chi connectivity index (χ0n) is 39.0. The van der Waals surface area contributed by atoms with Crippen molar-refractivity contribution in [3.63, 3.8) is 0 Å². The maximum Gasteiger partial charge on any atom is 2.00 e. The molecule has 0 fully saturated rings. The van der Waals surface area contributed by atoms with Gasteiger partial charge in [-0.05, 0) is 101 Å². The van der Waals surface area contributed by atoms with Crippen LogP contribution in [0.15, 0.2) is 97.1 Å². The number of aromatic nitrogens is 2. The van der Waals surface area contributed by atoms with Crippen molar-refractivity contribution in [2.24, 2.45) is 0 Å². The van der Waals surface area contributed by atoms with E-state index in [1.807, 2.05) is 48.5 Å². The number of carboxylic acids is 2. The molecule has 64 heavy (non-hydrogen) atoms. The van der Waals surface area contributed by atoms with Crippen molar-refractivity contribution >= 4 is 33.7 Å². The standard InChI is InChI=1S/2C18H34O2.2C9H7NO.2Cu/c2*1-2-3-4-5-6-7-8-9-10-11-12-13-14-15-16-17-18(19)20;2*11-9-6-5-7-3-1-2-4-8(7)10-9;;/h2*9-10H,2-8,11-17H2,1H3,(H,19,20);2*1-6H,(H,10,11);;/q;;;;2*+2/p-4/b2*10-9-;;;;. The Labute approximate surface area is 408 Å². The van der Waals surface area contributed by atoms with Crippen LogP contribution in [0, 0.1) is 0 Å². The van der Waals surface area contributed by atoms with Gasteiger partial charge in [-0.15, -0.1) is 0 Å². The number of carbonyl (C=O) groups excluding carboxylic acids is 2. The number of carboxylic acid groups (broad SMARTS) is 2. The Balaban J connectivity index is 0. The second-order valence-electron chi connectivity index (χ2n) is 16.1. The zero-order valence-corrected chi connectivity index (χ0v) is 40.9. The average molecular weight is 978 g/mol. The Morgan fingerprint density at radius 2 is 0.688 bits per heavy atom. The van der Waals surface area contributed by atoms with Crippen molar-refractivity contribution < 1.29 is 64.2 Å². The van der Waals surface area contributed by atoms with Crippen LogP contribution in [0.25, 0.3) is 21.8 Å². The van der Waals surface area contributed by atoms with E-state index in [4.69, 9.17) is 0 Å². The number of rotatable bonds is 30. The summed E-state index contributed by atoms with van der Waals surface area (Å²) in [5.74, 6) is -2.18. The number of fused-ring (bicyclic) bond motifs is 2. The molecule has 2 radical (unpaired) electrons. The second kappa shape index (κ2) is 45.9. The maximum absolute atomic E-state index is 10.8. The third-order valence-electron chi connectivity index (χ3n) is 10.4. The fraction of sp³-hybridized carbons (Fsp3) is 0.556. The zero-order chi connectivity index (χ0) is 45.1. The number of pyridine rings is 2. The van der Waals surface area contributed by atoms with E-state index in [1.54, 1.807) is 12.1 Å². The van der Waals surface area contributed by atoms with Gasteiger partial charge in [-0.1, -0.05) is 202 Å². The number of allylic oxidation sites excluding steroid dienone is 4. The van der Waals surface area contributed by atoms with E-state index in [2.05, 4.69) is 48.1 Å². The van der Waals surface area contributed by atoms with Crippen LogP contribution in [0.1, 0.15) is 194 Å². The molecule has 4 aromatic rings. The van der Waals surface area contributed by atoms with Crippen LogP contribution in [-0.2, 0) is 43.7 Å². The minimum atomic E-state index is -0.914. The molecule has 0 unspecified atom stereocenters. The van der Waals surface area contributed by atoms with E-state index in [1.165, 1.54) is 141 Å². The van der Waals surface area contributed by atoms with Gasteiger partial charge in [0.2, 0.25) is 0 Å². The summed E-state index contributed by atoms with van der Waals surface area (Å²) in [5.41, 5.74) is 1.53. The fourth-order valence-corrected chi connectivity index (χ4v) is 6.77. The van der Waals surface area contributed by atoms with Gasteiger partial charge in [-0.3, -0.25) is 9.97 Å². The molecule has 0 aliphatic rings. The first-order chi connectivity index (χ1) is 30.3. The van der Waals surface area contributed by atoms with E-state index in [0.717, 1.165) is 60.3 Å². The Morgan fingerprint density at radius 1 is 0.406 bits per heavy atom. The van der Waals surface area contributed by atoms with Crippen LogP contribution in [0.5, 0.6) is 11.8 Å². The Kier molecular flexibility index (Phi) is 44.7. The molecule has 2 aromatic heterocycles. The van der Waals surface area contributed by atoms with Crippen LogP contribution in [0.3, 0.4) is 0 Å². The molecule has 4 rings (SSSR count). The minimum Gasteiger partial charge on any atom is -0.859 e. The van der Waals surface area contributed by atoms with Gasteiger partial charge in [-0.2, -0.15) is 0 Å². The number of hydrogen-bond donors (Lipinski definition) is 0. The van der Waals surface area contributed by atoms with Crippen molar-refractivity contribution in [3.05, 3.63) is 97.1 Å². The third-order valence-corrected chi connectivity index (χ3v) is 10.4. The van der Waals surface area contributed by atoms with Crippen LogP contribution in [-0.4, -0.2) is 21.9 Å². The van der Waals surface area contributed by atoms with E-state index < -0.39 is 11.9 Å². The van der Waals surface area contributed by atoms with Gasteiger partial charge >= 0.3 is 34.1 Å². The molecule has 2 heterocycles. The topological polar surface area (TPSA) is 152 Å². The van der Waals surface area contributed by atoms with Gasteiger partial charge in [0.15, 0.2) is 0 Å². The van der Waals surface area contributed by atoms with Crippen LogP contribution in [0.4, 0.5) is 0 Å². The SMILES string of the molecule is CCCCCCCC/C=C\CCCCCCCC(=O)[O-].CCCCCCCC/C=C\CCCCCCCC(=O)[O-].[Cu+2].[Cu+2].[O-]c1ccc2ccccc2n1.[O-]c1ccc2ccccc2n1. The van der Waals surface area contributed by atoms with Gasteiger partial charge in [-0.25, -0.2) is 0 Å². The number of carbonyl (C=O) groups is 2. The molecule has 10 heteroatoms. The molecule has 0 bridgehead atoms. The summed E-state index contributed by atoms with van der Waals surface area (Å²) in [6.45, 7) is 4.51. The molecular weight excluding hydrogens is 900 g/mol. The molecule has 8 nitrogen and oxygen atoms in total. The fourth-order valence-electron chi connectivity index (χ4n) is 6.77. The first-order valence-electron chi connectivity index (χ1n) is 24.0. The van der Waals surface area contributed by atoms with Gasteiger partial charge in [0.25, 0.3) is 0 Å². The van der Waals surface area contributed by atoms with Crippen molar-refractivity contribution in [1.82, 2.24) is 9.97 Å². The smallest absolute Gasteiger partial charge is 0.859 e. The number of benzene rings is 2. The number of unbranched alkanes of at least 4 members (excludes halogenated alkanes) is 22. The maximum atomic E-state index is 10.8. The summed E-state index contributed by atoms with van der Waals surface area (Å²) in [7, 11) is 0. The van der Waals surface area contributed by atoms with E-state index in [9.17, 15) is 30.0 Å². The number of aliphatic carboxylic acids is 2. The summed E-state index contributed by atoms with van der Waals surface area (Å²) in [5, 5.41) is 44.0. The molecule has 0 atom stereocenters. The molecule has 0 saturated heterocycles. The Morgan fingerprint density at radius 3 is 1.00 bits per heavy atom. The summed E-state index contributed by atoms with van der Waals surface area (Å²) in [6.07, 6.45) is 41.8. The van der Waals surface area contributed by atoms with Crippen molar-refractivity contribution in [2.75, 3.05) is 0 Å². The summed E-state index contributed by atoms with van der Waals surface area (Å²) < 4.78 is 0. The van der Waals surface area contributed by atoms with Crippen LogP contribution in [0.2, 0.25) is 0 Å². The second-order valence-corrected chi connectivity index (χ2v) is 16.1. The Hall–Kier alpha value is -3.68. The molecule has 362 valence electrons. The molecule has 0 aliphatic carbocycles. The van der Waals surface area contributed by atoms with Gasteiger partial charge in [0, 0.05) is 22.7 Å². The number of para-hydroxylation sites is 2. The summed E-state index contributed by atoms with van der Waals surface area (Å²) >= 11 is 0. The van der Waals surface area contributed by atoms with Crippen molar-refractivity contribution in [1.29, 1.82) is 0 Å². The first kappa shape index (κ1) is 62.4. The van der Waals surface area contributed by atoms with Gasteiger partial charge in [0.1, 0.15) is 0 Å². The molecule has 0 spiro atoms. The van der Waals surface area contributed by atoms with E-state index >= 15 is 0 Å².